The second-order valence-electron chi connectivity index (χ2n) is 6.04. The predicted molar refractivity (Wildman–Crippen MR) is 110 cm³/mol. The van der Waals surface area contributed by atoms with Gasteiger partial charge in [-0.3, -0.25) is 9.36 Å². The summed E-state index contributed by atoms with van der Waals surface area (Å²) in [6.07, 6.45) is 0. The third-order valence-corrected chi connectivity index (χ3v) is 5.06. The summed E-state index contributed by atoms with van der Waals surface area (Å²) >= 11 is 1.45. The van der Waals surface area contributed by atoms with Crippen LogP contribution in [0.3, 0.4) is 0 Å². The molecule has 0 amide bonds. The molecule has 4 rings (SSSR count). The maximum absolute atomic E-state index is 13.1. The molecule has 4 aromatic rings. The molecule has 28 heavy (non-hydrogen) atoms. The Balaban J connectivity index is 1.60. The van der Waals surface area contributed by atoms with Crippen LogP contribution in [0, 0.1) is 5.82 Å². The van der Waals surface area contributed by atoms with Crippen molar-refractivity contribution < 1.29 is 9.13 Å². The van der Waals surface area contributed by atoms with Gasteiger partial charge in [0.25, 0.3) is 5.56 Å². The molecule has 0 aliphatic heterocycles. The van der Waals surface area contributed by atoms with Crippen LogP contribution in [-0.4, -0.2) is 21.9 Å². The molecule has 0 radical (unpaired) electrons. The molecule has 0 spiro atoms. The molecule has 0 fully saturated rings. The van der Waals surface area contributed by atoms with E-state index in [1.54, 1.807) is 22.8 Å². The number of halogens is 1. The molecule has 4 nitrogen and oxygen atoms in total. The van der Waals surface area contributed by atoms with Gasteiger partial charge in [-0.05, 0) is 48.5 Å². The topological polar surface area (TPSA) is 44.1 Å². The lowest BCUT2D eigenvalue weighted by Crippen LogP contribution is -2.22. The number of hydrogen-bond donors (Lipinski definition) is 0. The van der Waals surface area contributed by atoms with E-state index in [4.69, 9.17) is 4.74 Å². The Morgan fingerprint density at radius 3 is 2.43 bits per heavy atom. The van der Waals surface area contributed by atoms with E-state index in [-0.39, 0.29) is 11.4 Å². The Morgan fingerprint density at radius 2 is 1.64 bits per heavy atom. The molecule has 0 unspecified atom stereocenters. The zero-order valence-corrected chi connectivity index (χ0v) is 15.7. The highest BCUT2D eigenvalue weighted by atomic mass is 32.2. The van der Waals surface area contributed by atoms with Crippen LogP contribution in [0.2, 0.25) is 0 Å². The highest BCUT2D eigenvalue weighted by Crippen LogP contribution is 2.21. The maximum Gasteiger partial charge on any atom is 0.266 e. The molecule has 0 aliphatic carbocycles. The third kappa shape index (κ3) is 3.92. The minimum atomic E-state index is -0.297. The minimum absolute atomic E-state index is 0.0984. The highest BCUT2D eigenvalue weighted by molar-refractivity contribution is 7.99. The highest BCUT2D eigenvalue weighted by Gasteiger charge is 2.13. The van der Waals surface area contributed by atoms with Gasteiger partial charge in [0.1, 0.15) is 11.6 Å². The van der Waals surface area contributed by atoms with Crippen molar-refractivity contribution in [2.45, 2.75) is 5.16 Å². The van der Waals surface area contributed by atoms with Gasteiger partial charge in [0.05, 0.1) is 23.2 Å². The lowest BCUT2D eigenvalue weighted by Gasteiger charge is -2.13. The maximum atomic E-state index is 13.1. The van der Waals surface area contributed by atoms with Crippen LogP contribution in [0.5, 0.6) is 5.75 Å². The fourth-order valence-corrected chi connectivity index (χ4v) is 3.67. The third-order valence-electron chi connectivity index (χ3n) is 4.16. The summed E-state index contributed by atoms with van der Waals surface area (Å²) in [6.45, 7) is 0.411. The first-order chi connectivity index (χ1) is 13.7. The van der Waals surface area contributed by atoms with Gasteiger partial charge in [0.2, 0.25) is 0 Å². The van der Waals surface area contributed by atoms with Crippen molar-refractivity contribution in [3.05, 3.63) is 95.0 Å². The monoisotopic (exact) mass is 392 g/mol. The van der Waals surface area contributed by atoms with Gasteiger partial charge in [-0.1, -0.05) is 42.1 Å². The molecular formula is C22H17FN2O2S. The van der Waals surface area contributed by atoms with Gasteiger partial charge in [0, 0.05) is 5.75 Å². The summed E-state index contributed by atoms with van der Waals surface area (Å²) in [5.74, 6) is 0.900. The van der Waals surface area contributed by atoms with E-state index in [0.717, 1.165) is 5.69 Å². The van der Waals surface area contributed by atoms with Crippen LogP contribution < -0.4 is 10.3 Å². The fraction of sp³-hybridized carbons (Fsp3) is 0.0909. The Kier molecular flexibility index (Phi) is 5.39. The van der Waals surface area contributed by atoms with E-state index in [0.29, 0.717) is 34.2 Å². The van der Waals surface area contributed by atoms with Crippen molar-refractivity contribution in [3.8, 4) is 11.4 Å². The molecule has 1 aromatic heterocycles. The zero-order chi connectivity index (χ0) is 19.3. The van der Waals surface area contributed by atoms with Crippen molar-refractivity contribution in [2.24, 2.45) is 0 Å². The normalized spacial score (nSPS) is 10.9. The predicted octanol–water partition coefficient (Wildman–Crippen LogP) is 4.70. The van der Waals surface area contributed by atoms with Gasteiger partial charge >= 0.3 is 0 Å². The van der Waals surface area contributed by atoms with E-state index >= 15 is 0 Å². The van der Waals surface area contributed by atoms with Crippen LogP contribution >= 0.6 is 11.8 Å². The first-order valence-electron chi connectivity index (χ1n) is 8.81. The first-order valence-corrected chi connectivity index (χ1v) is 9.79. The summed E-state index contributed by atoms with van der Waals surface area (Å²) in [6, 6.07) is 22.7. The Labute approximate surface area is 165 Å². The van der Waals surface area contributed by atoms with Crippen molar-refractivity contribution in [1.29, 1.82) is 0 Å². The summed E-state index contributed by atoms with van der Waals surface area (Å²) in [7, 11) is 0. The molecule has 0 atom stereocenters. The van der Waals surface area contributed by atoms with E-state index in [1.165, 1.54) is 23.9 Å². The zero-order valence-electron chi connectivity index (χ0n) is 14.9. The molecule has 140 valence electrons. The molecule has 0 saturated carbocycles. The number of nitrogens with zero attached hydrogens (tertiary/aromatic N) is 2. The molecule has 0 saturated heterocycles. The van der Waals surface area contributed by atoms with E-state index in [1.807, 2.05) is 48.5 Å². The summed E-state index contributed by atoms with van der Waals surface area (Å²) < 4.78 is 20.2. The summed E-state index contributed by atoms with van der Waals surface area (Å²) in [4.78, 5) is 17.8. The molecule has 3 aromatic carbocycles. The minimum Gasteiger partial charge on any atom is -0.493 e. The van der Waals surface area contributed by atoms with E-state index < -0.39 is 0 Å². The lowest BCUT2D eigenvalue weighted by atomic mass is 10.2. The van der Waals surface area contributed by atoms with Crippen LogP contribution in [0.25, 0.3) is 16.6 Å². The van der Waals surface area contributed by atoms with Gasteiger partial charge < -0.3 is 4.74 Å². The average molecular weight is 392 g/mol. The van der Waals surface area contributed by atoms with Crippen molar-refractivity contribution >= 4 is 22.7 Å². The van der Waals surface area contributed by atoms with E-state index in [2.05, 4.69) is 4.98 Å². The number of rotatable bonds is 6. The number of benzene rings is 3. The number of aromatic nitrogens is 2. The number of thioether (sulfide) groups is 1. The van der Waals surface area contributed by atoms with Gasteiger partial charge in [0.15, 0.2) is 5.16 Å². The number of para-hydroxylation sites is 2. The molecule has 1 heterocycles. The number of ether oxygens (including phenoxy) is 1. The number of fused-ring (bicyclic) bond motifs is 1. The second-order valence-corrected chi connectivity index (χ2v) is 7.10. The average Bonchev–Trinajstić information content (AvgIpc) is 2.73. The summed E-state index contributed by atoms with van der Waals surface area (Å²) in [5.41, 5.74) is 1.34. The Morgan fingerprint density at radius 1 is 0.929 bits per heavy atom. The molecule has 6 heteroatoms. The van der Waals surface area contributed by atoms with Gasteiger partial charge in [-0.25, -0.2) is 9.37 Å². The van der Waals surface area contributed by atoms with Crippen LogP contribution in [0.1, 0.15) is 0 Å². The quantitative estimate of drug-likeness (QED) is 0.271. The Hall–Kier alpha value is -3.12. The largest absolute Gasteiger partial charge is 0.493 e. The van der Waals surface area contributed by atoms with Crippen LogP contribution in [-0.2, 0) is 0 Å². The smallest absolute Gasteiger partial charge is 0.266 e. The van der Waals surface area contributed by atoms with Gasteiger partial charge in [-0.2, -0.15) is 0 Å². The van der Waals surface area contributed by atoms with Crippen LogP contribution in [0.4, 0.5) is 4.39 Å². The standard InChI is InChI=1S/C22H17FN2O2S/c23-16-10-12-18(13-11-16)27-14-15-28-22-24-20-9-5-4-8-19(20)21(26)25(22)17-6-2-1-3-7-17/h1-13H,14-15H2. The van der Waals surface area contributed by atoms with E-state index in [9.17, 15) is 9.18 Å². The van der Waals surface area contributed by atoms with Crippen molar-refractivity contribution in [1.82, 2.24) is 9.55 Å². The van der Waals surface area contributed by atoms with Crippen molar-refractivity contribution in [3.63, 3.8) is 0 Å². The SMILES string of the molecule is O=c1c2ccccc2nc(SCCOc2ccc(F)cc2)n1-c1ccccc1. The molecule has 0 N–H and O–H groups in total. The second kappa shape index (κ2) is 8.27. The van der Waals surface area contributed by atoms with Gasteiger partial charge in [-0.15, -0.1) is 0 Å². The van der Waals surface area contributed by atoms with Crippen molar-refractivity contribution in [2.75, 3.05) is 12.4 Å². The lowest BCUT2D eigenvalue weighted by molar-refractivity contribution is 0.343. The van der Waals surface area contributed by atoms with Crippen LogP contribution in [0.15, 0.2) is 88.8 Å². The molecule has 0 aliphatic rings. The fourth-order valence-electron chi connectivity index (χ4n) is 2.84. The number of hydrogen-bond acceptors (Lipinski definition) is 4. The summed E-state index contributed by atoms with van der Waals surface area (Å²) in [5, 5.41) is 1.19. The molecule has 0 bridgehead atoms. The Bertz CT molecular complexity index is 1140. The first kappa shape index (κ1) is 18.3. The molecular weight excluding hydrogens is 375 g/mol.